The molecule has 6 nitrogen and oxygen atoms in total. The molecule has 2 aromatic rings. The van der Waals surface area contributed by atoms with Crippen LogP contribution in [-0.4, -0.2) is 43.0 Å². The van der Waals surface area contributed by atoms with Crippen molar-refractivity contribution in [3.8, 4) is 0 Å². The molecule has 1 aliphatic rings. The highest BCUT2D eigenvalue weighted by Crippen LogP contribution is 2.24. The number of nitrogens with zero attached hydrogens (tertiary/aromatic N) is 1. The maximum Gasteiger partial charge on any atom is 0.319 e. The second-order valence-electron chi connectivity index (χ2n) is 7.87. The molecule has 0 bridgehead atoms. The van der Waals surface area contributed by atoms with Gasteiger partial charge in [-0.1, -0.05) is 55.7 Å². The smallest absolute Gasteiger partial charge is 0.319 e. The molecular formula is C24H32N4O2. The number of urea groups is 1. The molecule has 3 N–H and O–H groups in total. The van der Waals surface area contributed by atoms with E-state index in [-0.39, 0.29) is 11.9 Å². The van der Waals surface area contributed by atoms with E-state index in [0.717, 1.165) is 17.8 Å². The van der Waals surface area contributed by atoms with Crippen molar-refractivity contribution >= 4 is 17.6 Å². The molecule has 1 fully saturated rings. The van der Waals surface area contributed by atoms with Crippen molar-refractivity contribution in [3.05, 3.63) is 65.7 Å². The quantitative estimate of drug-likeness (QED) is 0.578. The van der Waals surface area contributed by atoms with Crippen LogP contribution < -0.4 is 16.0 Å². The molecule has 3 rings (SSSR count). The summed E-state index contributed by atoms with van der Waals surface area (Å²) in [7, 11) is 2.17. The summed E-state index contributed by atoms with van der Waals surface area (Å²) in [5, 5.41) is 8.56. The van der Waals surface area contributed by atoms with Gasteiger partial charge >= 0.3 is 6.03 Å². The SMILES string of the molecule is CN(Cc1ccccc1NC(=O)NCCNC(=O)c1ccccc1)C1CCCCC1. The van der Waals surface area contributed by atoms with Crippen LogP contribution in [-0.2, 0) is 6.54 Å². The average molecular weight is 409 g/mol. The topological polar surface area (TPSA) is 73.5 Å². The first kappa shape index (κ1) is 21.8. The molecule has 160 valence electrons. The van der Waals surface area contributed by atoms with E-state index in [1.165, 1.54) is 32.1 Å². The Bertz CT molecular complexity index is 819. The van der Waals surface area contributed by atoms with Crippen LogP contribution in [0.5, 0.6) is 0 Å². The largest absolute Gasteiger partial charge is 0.350 e. The molecule has 1 aliphatic carbocycles. The molecule has 0 heterocycles. The molecule has 0 spiro atoms. The van der Waals surface area contributed by atoms with Gasteiger partial charge in [-0.25, -0.2) is 4.79 Å². The molecule has 1 saturated carbocycles. The zero-order valence-corrected chi connectivity index (χ0v) is 17.7. The highest BCUT2D eigenvalue weighted by molar-refractivity contribution is 5.94. The number of benzene rings is 2. The summed E-state index contributed by atoms with van der Waals surface area (Å²) in [4.78, 5) is 26.7. The molecule has 2 aromatic carbocycles. The molecular weight excluding hydrogens is 376 g/mol. The standard InChI is InChI=1S/C24H32N4O2/c1-28(21-13-6-3-7-14-21)18-20-12-8-9-15-22(20)27-24(30)26-17-16-25-23(29)19-10-4-2-5-11-19/h2,4-5,8-12,15,21H,3,6-7,13-14,16-18H2,1H3,(H,25,29)(H2,26,27,30). The van der Waals surface area contributed by atoms with Gasteiger partial charge in [0.25, 0.3) is 5.91 Å². The molecule has 0 radical (unpaired) electrons. The van der Waals surface area contributed by atoms with Crippen LogP contribution in [0, 0.1) is 0 Å². The van der Waals surface area contributed by atoms with Crippen molar-refractivity contribution in [2.45, 2.75) is 44.7 Å². The van der Waals surface area contributed by atoms with Crippen LogP contribution in [0.1, 0.15) is 48.0 Å². The first-order chi connectivity index (χ1) is 14.6. The molecule has 6 heteroatoms. The van der Waals surface area contributed by atoms with Crippen LogP contribution in [0.4, 0.5) is 10.5 Å². The van der Waals surface area contributed by atoms with Gasteiger partial charge in [0.1, 0.15) is 0 Å². The summed E-state index contributed by atoms with van der Waals surface area (Å²) >= 11 is 0. The minimum Gasteiger partial charge on any atom is -0.350 e. The Balaban J connectivity index is 1.44. The minimum atomic E-state index is -0.267. The number of para-hydroxylation sites is 1. The highest BCUT2D eigenvalue weighted by atomic mass is 16.2. The number of hydrogen-bond acceptors (Lipinski definition) is 3. The van der Waals surface area contributed by atoms with Crippen LogP contribution in [0.15, 0.2) is 54.6 Å². The third-order valence-electron chi connectivity index (χ3n) is 5.62. The fourth-order valence-electron chi connectivity index (χ4n) is 3.91. The first-order valence-electron chi connectivity index (χ1n) is 10.8. The predicted octanol–water partition coefficient (Wildman–Crippen LogP) is 4.00. The Hall–Kier alpha value is -2.86. The number of rotatable bonds is 8. The van der Waals surface area contributed by atoms with E-state index in [9.17, 15) is 9.59 Å². The van der Waals surface area contributed by atoms with Crippen LogP contribution >= 0.6 is 0 Å². The highest BCUT2D eigenvalue weighted by Gasteiger charge is 2.19. The third kappa shape index (κ3) is 6.59. The predicted molar refractivity (Wildman–Crippen MR) is 121 cm³/mol. The fraction of sp³-hybridized carbons (Fsp3) is 0.417. The molecule has 0 aliphatic heterocycles. The number of anilines is 1. The zero-order chi connectivity index (χ0) is 21.2. The van der Waals surface area contributed by atoms with E-state index in [1.807, 2.05) is 36.4 Å². The molecule has 0 unspecified atom stereocenters. The molecule has 0 atom stereocenters. The van der Waals surface area contributed by atoms with Crippen LogP contribution in [0.2, 0.25) is 0 Å². The van der Waals surface area contributed by atoms with Gasteiger partial charge in [0.15, 0.2) is 0 Å². The Labute approximate surface area is 179 Å². The second-order valence-corrected chi connectivity index (χ2v) is 7.87. The lowest BCUT2D eigenvalue weighted by Gasteiger charge is -2.31. The van der Waals surface area contributed by atoms with E-state index in [1.54, 1.807) is 12.1 Å². The van der Waals surface area contributed by atoms with Crippen molar-refractivity contribution in [2.24, 2.45) is 0 Å². The molecule has 3 amide bonds. The second kappa shape index (κ2) is 11.4. The van der Waals surface area contributed by atoms with Gasteiger partial charge in [-0.3, -0.25) is 9.69 Å². The minimum absolute atomic E-state index is 0.145. The summed E-state index contributed by atoms with van der Waals surface area (Å²) in [5.41, 5.74) is 2.54. The first-order valence-corrected chi connectivity index (χ1v) is 10.8. The van der Waals surface area contributed by atoms with Crippen LogP contribution in [0.3, 0.4) is 0 Å². The maximum atomic E-state index is 12.3. The lowest BCUT2D eigenvalue weighted by atomic mass is 9.94. The summed E-state index contributed by atoms with van der Waals surface area (Å²) in [6.07, 6.45) is 6.45. The van der Waals surface area contributed by atoms with Gasteiger partial charge in [0.2, 0.25) is 0 Å². The summed E-state index contributed by atoms with van der Waals surface area (Å²) in [6.45, 7) is 1.54. The number of amides is 3. The van der Waals surface area contributed by atoms with Gasteiger partial charge in [-0.05, 0) is 43.7 Å². The molecule has 0 saturated heterocycles. The monoisotopic (exact) mass is 408 g/mol. The van der Waals surface area contributed by atoms with Gasteiger partial charge in [0.05, 0.1) is 0 Å². The summed E-state index contributed by atoms with van der Waals surface area (Å²) in [6, 6.07) is 17.3. The third-order valence-corrected chi connectivity index (χ3v) is 5.62. The number of carbonyl (C=O) groups is 2. The number of nitrogens with one attached hydrogen (secondary N) is 3. The van der Waals surface area contributed by atoms with Crippen molar-refractivity contribution < 1.29 is 9.59 Å². The van der Waals surface area contributed by atoms with E-state index in [4.69, 9.17) is 0 Å². The van der Waals surface area contributed by atoms with Gasteiger partial charge in [-0.2, -0.15) is 0 Å². The van der Waals surface area contributed by atoms with Crippen molar-refractivity contribution in [2.75, 3.05) is 25.5 Å². The van der Waals surface area contributed by atoms with E-state index in [0.29, 0.717) is 24.7 Å². The molecule has 0 aromatic heterocycles. The Kier molecular flexibility index (Phi) is 8.27. The summed E-state index contributed by atoms with van der Waals surface area (Å²) < 4.78 is 0. The molecule has 30 heavy (non-hydrogen) atoms. The lowest BCUT2D eigenvalue weighted by molar-refractivity contribution is 0.0954. The van der Waals surface area contributed by atoms with Gasteiger partial charge < -0.3 is 16.0 Å². The Morgan fingerprint density at radius 3 is 2.33 bits per heavy atom. The van der Waals surface area contributed by atoms with Crippen molar-refractivity contribution in [1.82, 2.24) is 15.5 Å². The fourth-order valence-corrected chi connectivity index (χ4v) is 3.91. The summed E-state index contributed by atoms with van der Waals surface area (Å²) in [5.74, 6) is -0.145. The number of carbonyl (C=O) groups excluding carboxylic acids is 2. The Morgan fingerprint density at radius 2 is 1.57 bits per heavy atom. The van der Waals surface area contributed by atoms with Gasteiger partial charge in [-0.15, -0.1) is 0 Å². The average Bonchev–Trinajstić information content (AvgIpc) is 2.79. The van der Waals surface area contributed by atoms with Crippen molar-refractivity contribution in [1.29, 1.82) is 0 Å². The normalized spacial score (nSPS) is 14.3. The van der Waals surface area contributed by atoms with Gasteiger partial charge in [0, 0.05) is 36.9 Å². The van der Waals surface area contributed by atoms with E-state index < -0.39 is 0 Å². The van der Waals surface area contributed by atoms with E-state index in [2.05, 4.69) is 34.0 Å². The lowest BCUT2D eigenvalue weighted by Crippen LogP contribution is -2.37. The van der Waals surface area contributed by atoms with E-state index >= 15 is 0 Å². The number of hydrogen-bond donors (Lipinski definition) is 3. The zero-order valence-electron chi connectivity index (χ0n) is 17.7. The van der Waals surface area contributed by atoms with Crippen LogP contribution in [0.25, 0.3) is 0 Å². The maximum absolute atomic E-state index is 12.3. The van der Waals surface area contributed by atoms with Crippen molar-refractivity contribution in [3.63, 3.8) is 0 Å². The Morgan fingerprint density at radius 1 is 0.900 bits per heavy atom.